The van der Waals surface area contributed by atoms with Gasteiger partial charge in [0, 0.05) is 19.4 Å². The minimum Gasteiger partial charge on any atom is -0.478 e. The fourth-order valence-corrected chi connectivity index (χ4v) is 2.86. The minimum atomic E-state index is -1.67. The lowest BCUT2D eigenvalue weighted by Crippen LogP contribution is -2.60. The van der Waals surface area contributed by atoms with Crippen LogP contribution in [0.4, 0.5) is 0 Å². The lowest BCUT2D eigenvalue weighted by atomic mass is 9.93. The Morgan fingerprint density at radius 2 is 1.69 bits per heavy atom. The zero-order valence-electron chi connectivity index (χ0n) is 16.8. The van der Waals surface area contributed by atoms with E-state index < -0.39 is 48.1 Å². The first-order valence-corrected chi connectivity index (χ1v) is 9.93. The van der Waals surface area contributed by atoms with Crippen molar-refractivity contribution in [3.05, 3.63) is 11.8 Å². The van der Waals surface area contributed by atoms with Crippen molar-refractivity contribution in [3.63, 3.8) is 0 Å². The van der Waals surface area contributed by atoms with Crippen LogP contribution in [0.15, 0.2) is 11.8 Å². The van der Waals surface area contributed by atoms with Gasteiger partial charge in [-0.15, -0.1) is 0 Å². The van der Waals surface area contributed by atoms with E-state index in [-0.39, 0.29) is 25.3 Å². The van der Waals surface area contributed by atoms with E-state index in [1.165, 1.54) is 0 Å². The molecule has 1 rings (SSSR count). The van der Waals surface area contributed by atoms with Crippen LogP contribution in [-0.4, -0.2) is 75.2 Å². The van der Waals surface area contributed by atoms with Gasteiger partial charge in [0.2, 0.25) is 17.6 Å². The molecule has 5 atom stereocenters. The largest absolute Gasteiger partial charge is 0.478 e. The number of carboxylic acid groups (broad SMARTS) is 1. The third-order valence-corrected chi connectivity index (χ3v) is 4.60. The summed E-state index contributed by atoms with van der Waals surface area (Å²) in [5, 5.41) is 45.2. The van der Waals surface area contributed by atoms with Gasteiger partial charge in [-0.05, 0) is 18.9 Å². The summed E-state index contributed by atoms with van der Waals surface area (Å²) in [7, 11) is 0. The second-order valence-electron chi connectivity index (χ2n) is 7.07. The van der Waals surface area contributed by atoms with Crippen LogP contribution in [0.1, 0.15) is 52.4 Å². The van der Waals surface area contributed by atoms with Crippen LogP contribution in [0, 0.1) is 0 Å². The molecule has 10 heteroatoms. The quantitative estimate of drug-likeness (QED) is 0.246. The summed E-state index contributed by atoms with van der Waals surface area (Å²) in [4.78, 5) is 35.0. The van der Waals surface area contributed by atoms with Crippen LogP contribution >= 0.6 is 0 Å². The van der Waals surface area contributed by atoms with E-state index in [1.54, 1.807) is 0 Å². The molecule has 10 nitrogen and oxygen atoms in total. The zero-order valence-corrected chi connectivity index (χ0v) is 16.8. The summed E-state index contributed by atoms with van der Waals surface area (Å²) in [6.45, 7) is 3.55. The first kappa shape index (κ1) is 24.9. The lowest BCUT2D eigenvalue weighted by Gasteiger charge is -2.38. The van der Waals surface area contributed by atoms with Gasteiger partial charge >= 0.3 is 5.97 Å². The van der Waals surface area contributed by atoms with Gasteiger partial charge in [-0.3, -0.25) is 9.59 Å². The summed E-state index contributed by atoms with van der Waals surface area (Å²) < 4.78 is 5.26. The molecule has 29 heavy (non-hydrogen) atoms. The van der Waals surface area contributed by atoms with Crippen molar-refractivity contribution >= 4 is 17.8 Å². The van der Waals surface area contributed by atoms with Crippen molar-refractivity contribution in [2.45, 2.75) is 82.8 Å². The molecule has 2 amide bonds. The Morgan fingerprint density at radius 3 is 2.24 bits per heavy atom. The van der Waals surface area contributed by atoms with E-state index >= 15 is 0 Å². The van der Waals surface area contributed by atoms with E-state index in [2.05, 4.69) is 10.6 Å². The number of rotatable bonds is 12. The highest BCUT2D eigenvalue weighted by Crippen LogP contribution is 2.23. The summed E-state index contributed by atoms with van der Waals surface area (Å²) in [6, 6.07) is -1.16. The Morgan fingerprint density at radius 1 is 1.10 bits per heavy atom. The van der Waals surface area contributed by atoms with Crippen molar-refractivity contribution in [1.82, 2.24) is 10.6 Å². The number of aliphatic hydroxyl groups excluding tert-OH is 3. The predicted octanol–water partition coefficient (Wildman–Crippen LogP) is -0.582. The average molecular weight is 416 g/mol. The van der Waals surface area contributed by atoms with Crippen molar-refractivity contribution in [1.29, 1.82) is 0 Å². The van der Waals surface area contributed by atoms with Crippen LogP contribution in [0.3, 0.4) is 0 Å². The van der Waals surface area contributed by atoms with Crippen molar-refractivity contribution in [2.75, 3.05) is 6.54 Å². The molecule has 6 N–H and O–H groups in total. The molecule has 1 aliphatic heterocycles. The second-order valence-corrected chi connectivity index (χ2v) is 7.07. The molecule has 0 aliphatic carbocycles. The molecule has 1 heterocycles. The summed E-state index contributed by atoms with van der Waals surface area (Å²) >= 11 is 0. The molecule has 0 aromatic carbocycles. The van der Waals surface area contributed by atoms with Crippen LogP contribution in [0.2, 0.25) is 0 Å². The van der Waals surface area contributed by atoms with E-state index in [4.69, 9.17) is 9.84 Å². The number of aliphatic carboxylic acids is 1. The molecular formula is C19H32N2O8. The van der Waals surface area contributed by atoms with E-state index in [1.807, 2.05) is 13.8 Å². The number of aliphatic hydroxyl groups is 3. The topological polar surface area (TPSA) is 165 Å². The van der Waals surface area contributed by atoms with Crippen LogP contribution in [0.25, 0.3) is 0 Å². The van der Waals surface area contributed by atoms with E-state index in [0.29, 0.717) is 12.8 Å². The Bertz CT molecular complexity index is 595. The first-order chi connectivity index (χ1) is 13.7. The monoisotopic (exact) mass is 416 g/mol. The number of unbranched alkanes of at least 4 members (excludes halogenated alkanes) is 2. The number of amides is 2. The molecular weight excluding hydrogens is 384 g/mol. The van der Waals surface area contributed by atoms with Gasteiger partial charge in [0.25, 0.3) is 0 Å². The van der Waals surface area contributed by atoms with Crippen LogP contribution < -0.4 is 10.6 Å². The number of hydrogen-bond donors (Lipinski definition) is 6. The third kappa shape index (κ3) is 8.00. The number of ether oxygens (including phenoxy) is 1. The fourth-order valence-electron chi connectivity index (χ4n) is 2.86. The van der Waals surface area contributed by atoms with Crippen molar-refractivity contribution in [3.8, 4) is 0 Å². The zero-order chi connectivity index (χ0) is 22.0. The molecule has 0 aromatic rings. The average Bonchev–Trinajstić information content (AvgIpc) is 2.69. The fraction of sp³-hybridized carbons (Fsp3) is 0.737. The molecule has 166 valence electrons. The Kier molecular flexibility index (Phi) is 10.6. The molecule has 1 aliphatic rings. The molecule has 4 unspecified atom stereocenters. The molecule has 0 spiro atoms. The van der Waals surface area contributed by atoms with Gasteiger partial charge in [-0.2, -0.15) is 0 Å². The normalized spacial score (nSPS) is 23.3. The SMILES string of the molecule is CCCCC(=O)NCC(O)C(O)C1OC(C(=O)O)=CC(O)[C@H]1NC(=O)CCCC. The maximum atomic E-state index is 12.1. The van der Waals surface area contributed by atoms with E-state index in [9.17, 15) is 29.7 Å². The number of hydrogen-bond acceptors (Lipinski definition) is 7. The Balaban J connectivity index is 2.86. The molecule has 0 radical (unpaired) electrons. The van der Waals surface area contributed by atoms with Gasteiger partial charge in [-0.1, -0.05) is 26.7 Å². The number of carboxylic acids is 1. The summed E-state index contributed by atoms with van der Waals surface area (Å²) in [5.41, 5.74) is 0. The second kappa shape index (κ2) is 12.4. The van der Waals surface area contributed by atoms with Gasteiger partial charge in [0.1, 0.15) is 18.3 Å². The van der Waals surface area contributed by atoms with Crippen LogP contribution in [-0.2, 0) is 19.1 Å². The molecule has 0 fully saturated rings. The predicted molar refractivity (Wildman–Crippen MR) is 103 cm³/mol. The number of nitrogens with one attached hydrogen (secondary N) is 2. The van der Waals surface area contributed by atoms with Crippen molar-refractivity contribution < 1.29 is 39.5 Å². The highest BCUT2D eigenvalue weighted by molar-refractivity contribution is 5.84. The number of carbonyl (C=O) groups is 3. The minimum absolute atomic E-state index is 0.189. The smallest absolute Gasteiger partial charge is 0.370 e. The van der Waals surface area contributed by atoms with Gasteiger partial charge in [0.15, 0.2) is 6.10 Å². The highest BCUT2D eigenvalue weighted by Gasteiger charge is 2.43. The van der Waals surface area contributed by atoms with E-state index in [0.717, 1.165) is 18.9 Å². The Hall–Kier alpha value is -2.17. The standard InChI is InChI=1S/C19H32N2O8/c1-3-5-7-14(24)20-10-12(23)17(26)18-16(21-15(25)8-6-4-2)11(22)9-13(29-18)19(27)28/h9,11-12,16-18,22-23,26H,3-8,10H2,1-2H3,(H,20,24)(H,21,25)(H,27,28)/t11?,12?,16-,17?,18?/m1/s1. The summed E-state index contributed by atoms with van der Waals surface area (Å²) in [6.07, 6.45) is -1.73. The molecule has 0 saturated heterocycles. The summed E-state index contributed by atoms with van der Waals surface area (Å²) in [5.74, 6) is -2.75. The highest BCUT2D eigenvalue weighted by atomic mass is 16.5. The first-order valence-electron chi connectivity index (χ1n) is 9.93. The third-order valence-electron chi connectivity index (χ3n) is 4.60. The Labute approximate surface area is 169 Å². The maximum Gasteiger partial charge on any atom is 0.370 e. The van der Waals surface area contributed by atoms with Crippen molar-refractivity contribution in [2.24, 2.45) is 0 Å². The number of carbonyl (C=O) groups excluding carboxylic acids is 2. The van der Waals surface area contributed by atoms with Gasteiger partial charge < -0.3 is 35.8 Å². The molecule has 0 aromatic heterocycles. The lowest BCUT2D eigenvalue weighted by molar-refractivity contribution is -0.148. The van der Waals surface area contributed by atoms with Gasteiger partial charge in [0.05, 0.1) is 6.04 Å². The molecule has 0 saturated carbocycles. The molecule has 0 bridgehead atoms. The maximum absolute atomic E-state index is 12.1. The van der Waals surface area contributed by atoms with Crippen LogP contribution in [0.5, 0.6) is 0 Å². The van der Waals surface area contributed by atoms with Gasteiger partial charge in [-0.25, -0.2) is 4.79 Å².